The molecule has 2 aromatic rings. The predicted molar refractivity (Wildman–Crippen MR) is 52.3 cm³/mol. The van der Waals surface area contributed by atoms with Crippen LogP contribution in [-0.2, 0) is 0 Å². The van der Waals surface area contributed by atoms with E-state index in [-0.39, 0.29) is 5.75 Å². The van der Waals surface area contributed by atoms with Crippen molar-refractivity contribution in [3.05, 3.63) is 22.5 Å². The maximum Gasteiger partial charge on any atom is 0.205 e. The number of thiazole rings is 1. The molecule has 1 aromatic carbocycles. The summed E-state index contributed by atoms with van der Waals surface area (Å²) in [5.74, 6) is 5.41. The summed E-state index contributed by atoms with van der Waals surface area (Å²) in [5.41, 5.74) is 1.97. The second kappa shape index (κ2) is 2.77. The molecule has 0 aliphatic carbocycles. The highest BCUT2D eigenvalue weighted by Crippen LogP contribution is 2.23. The van der Waals surface area contributed by atoms with Crippen LogP contribution in [0.5, 0.6) is 5.75 Å². The lowest BCUT2D eigenvalue weighted by Crippen LogP contribution is -2.01. The zero-order chi connectivity index (χ0) is 9.42. The van der Waals surface area contributed by atoms with Gasteiger partial charge in [0.25, 0.3) is 0 Å². The molecule has 0 bridgehead atoms. The van der Waals surface area contributed by atoms with E-state index in [4.69, 9.17) is 5.84 Å². The molecule has 0 saturated heterocycles. The standard InChI is InChI=1S/C8H9N3OS/c1-4-2-5(12)3-6-7(4)10-8(11-9)13-6/h2-3,12H,9H2,1H3,(H,10,11). The van der Waals surface area contributed by atoms with Gasteiger partial charge in [-0.15, -0.1) is 0 Å². The van der Waals surface area contributed by atoms with Crippen molar-refractivity contribution >= 4 is 21.6 Å². The lowest BCUT2D eigenvalue weighted by molar-refractivity contribution is 0.476. The zero-order valence-corrected chi connectivity index (χ0v) is 7.85. The number of aromatic amines is 1. The first-order valence-electron chi connectivity index (χ1n) is 3.77. The van der Waals surface area contributed by atoms with E-state index < -0.39 is 0 Å². The Kier molecular flexibility index (Phi) is 1.73. The summed E-state index contributed by atoms with van der Waals surface area (Å²) < 4.78 is 0.960. The number of hydrogen-bond donors (Lipinski definition) is 3. The van der Waals surface area contributed by atoms with Crippen LogP contribution in [0.3, 0.4) is 0 Å². The Bertz CT molecular complexity index is 512. The fourth-order valence-electron chi connectivity index (χ4n) is 1.27. The van der Waals surface area contributed by atoms with Gasteiger partial charge < -0.3 is 15.9 Å². The number of hydrogen-bond acceptors (Lipinski definition) is 4. The van der Waals surface area contributed by atoms with Gasteiger partial charge in [-0.1, -0.05) is 11.3 Å². The molecule has 1 aromatic heterocycles. The van der Waals surface area contributed by atoms with Crippen molar-refractivity contribution in [1.29, 1.82) is 0 Å². The molecule has 0 saturated carbocycles. The Morgan fingerprint density at radius 2 is 2.31 bits per heavy atom. The minimum atomic E-state index is 0.267. The van der Waals surface area contributed by atoms with Crippen molar-refractivity contribution in [2.45, 2.75) is 6.92 Å². The van der Waals surface area contributed by atoms with Crippen LogP contribution in [0, 0.1) is 6.92 Å². The number of aromatic nitrogens is 1. The van der Waals surface area contributed by atoms with Crippen molar-refractivity contribution in [2.24, 2.45) is 10.9 Å². The lowest BCUT2D eigenvalue weighted by Gasteiger charge is -1.95. The summed E-state index contributed by atoms with van der Waals surface area (Å²) in [6.45, 7) is 1.92. The number of nitrogens with two attached hydrogens (primary N) is 1. The van der Waals surface area contributed by atoms with E-state index in [1.54, 1.807) is 12.1 Å². The Morgan fingerprint density at radius 1 is 1.54 bits per heavy atom. The number of phenols is 1. The molecular formula is C8H9N3OS. The van der Waals surface area contributed by atoms with E-state index in [0.717, 1.165) is 15.8 Å². The maximum atomic E-state index is 9.32. The van der Waals surface area contributed by atoms with Gasteiger partial charge in [0.2, 0.25) is 4.80 Å². The van der Waals surface area contributed by atoms with Crippen LogP contribution in [0.25, 0.3) is 10.2 Å². The molecular weight excluding hydrogens is 186 g/mol. The third-order valence-electron chi connectivity index (χ3n) is 1.84. The Hall–Kier alpha value is -1.49. The van der Waals surface area contributed by atoms with Crippen LogP contribution < -0.4 is 10.6 Å². The predicted octanol–water partition coefficient (Wildman–Crippen LogP) is 1.02. The molecule has 68 valence electrons. The maximum absolute atomic E-state index is 9.32. The van der Waals surface area contributed by atoms with Gasteiger partial charge in [-0.05, 0) is 24.6 Å². The topological polar surface area (TPSA) is 74.4 Å². The molecule has 4 nitrogen and oxygen atoms in total. The zero-order valence-electron chi connectivity index (χ0n) is 7.03. The van der Waals surface area contributed by atoms with Crippen LogP contribution >= 0.6 is 11.3 Å². The number of fused-ring (bicyclic) bond motifs is 1. The molecule has 13 heavy (non-hydrogen) atoms. The molecule has 0 atom stereocenters. The molecule has 1 heterocycles. The minimum absolute atomic E-state index is 0.267. The number of nitrogens with one attached hydrogen (secondary N) is 1. The van der Waals surface area contributed by atoms with Crippen molar-refractivity contribution < 1.29 is 5.11 Å². The van der Waals surface area contributed by atoms with Crippen LogP contribution in [0.4, 0.5) is 0 Å². The van der Waals surface area contributed by atoms with E-state index in [2.05, 4.69) is 10.1 Å². The van der Waals surface area contributed by atoms with Gasteiger partial charge >= 0.3 is 0 Å². The number of H-pyrrole nitrogens is 1. The Labute approximate surface area is 78.3 Å². The van der Waals surface area contributed by atoms with Crippen molar-refractivity contribution in [3.8, 4) is 5.75 Å². The van der Waals surface area contributed by atoms with Gasteiger partial charge in [0.15, 0.2) is 0 Å². The first-order chi connectivity index (χ1) is 6.20. The van der Waals surface area contributed by atoms with Gasteiger partial charge in [0.05, 0.1) is 10.2 Å². The lowest BCUT2D eigenvalue weighted by atomic mass is 10.2. The molecule has 0 amide bonds. The van der Waals surface area contributed by atoms with Gasteiger partial charge in [-0.3, -0.25) is 0 Å². The molecule has 4 N–H and O–H groups in total. The molecule has 5 heteroatoms. The SMILES string of the molecule is Cc1cc(O)cc2s/c(=N\N)[nH]c12. The minimum Gasteiger partial charge on any atom is -0.508 e. The molecule has 2 rings (SSSR count). The summed E-state index contributed by atoms with van der Waals surface area (Å²) in [7, 11) is 0. The summed E-state index contributed by atoms with van der Waals surface area (Å²) in [6.07, 6.45) is 0. The highest BCUT2D eigenvalue weighted by atomic mass is 32.1. The molecule has 0 fully saturated rings. The number of phenolic OH excluding ortho intramolecular Hbond substituents is 1. The summed E-state index contributed by atoms with van der Waals surface area (Å²) in [5, 5.41) is 12.9. The highest BCUT2D eigenvalue weighted by molar-refractivity contribution is 7.16. The molecule has 0 aliphatic heterocycles. The molecule has 0 unspecified atom stereocenters. The van der Waals surface area contributed by atoms with Gasteiger partial charge in [0, 0.05) is 0 Å². The third kappa shape index (κ3) is 1.27. The van der Waals surface area contributed by atoms with E-state index in [0.29, 0.717) is 4.80 Å². The van der Waals surface area contributed by atoms with Crippen LogP contribution in [0.2, 0.25) is 0 Å². The van der Waals surface area contributed by atoms with E-state index in [1.165, 1.54) is 11.3 Å². The number of aromatic hydroxyl groups is 1. The van der Waals surface area contributed by atoms with Gasteiger partial charge in [-0.25, -0.2) is 0 Å². The molecule has 0 spiro atoms. The monoisotopic (exact) mass is 195 g/mol. The van der Waals surface area contributed by atoms with Crippen molar-refractivity contribution in [3.63, 3.8) is 0 Å². The van der Waals surface area contributed by atoms with Crippen molar-refractivity contribution in [2.75, 3.05) is 0 Å². The number of rotatable bonds is 0. The quantitative estimate of drug-likeness (QED) is 0.433. The largest absolute Gasteiger partial charge is 0.508 e. The third-order valence-corrected chi connectivity index (χ3v) is 2.78. The summed E-state index contributed by atoms with van der Waals surface area (Å²) in [4.78, 5) is 3.71. The summed E-state index contributed by atoms with van der Waals surface area (Å²) >= 11 is 1.42. The summed E-state index contributed by atoms with van der Waals surface area (Å²) in [6, 6.07) is 3.39. The van der Waals surface area contributed by atoms with E-state index in [1.807, 2.05) is 6.92 Å². The first-order valence-corrected chi connectivity index (χ1v) is 4.58. The van der Waals surface area contributed by atoms with Gasteiger partial charge in [-0.2, -0.15) is 5.10 Å². The fraction of sp³-hybridized carbons (Fsp3) is 0.125. The number of aryl methyl sites for hydroxylation is 1. The highest BCUT2D eigenvalue weighted by Gasteiger charge is 2.02. The Balaban J connectivity index is 2.91. The first kappa shape index (κ1) is 8.12. The normalized spacial score (nSPS) is 12.5. The van der Waals surface area contributed by atoms with E-state index >= 15 is 0 Å². The van der Waals surface area contributed by atoms with Crippen molar-refractivity contribution in [1.82, 2.24) is 4.98 Å². The van der Waals surface area contributed by atoms with E-state index in [9.17, 15) is 5.11 Å². The second-order valence-corrected chi connectivity index (χ2v) is 3.83. The van der Waals surface area contributed by atoms with Gasteiger partial charge in [0.1, 0.15) is 5.75 Å². The smallest absolute Gasteiger partial charge is 0.205 e. The average molecular weight is 195 g/mol. The Morgan fingerprint density at radius 3 is 3.00 bits per heavy atom. The molecule has 0 radical (unpaired) electrons. The van der Waals surface area contributed by atoms with Crippen LogP contribution in [0.15, 0.2) is 17.2 Å². The fourth-order valence-corrected chi connectivity index (χ4v) is 2.18. The number of benzene rings is 1. The molecule has 0 aliphatic rings. The van der Waals surface area contributed by atoms with Crippen LogP contribution in [0.1, 0.15) is 5.56 Å². The second-order valence-electron chi connectivity index (χ2n) is 2.80. The average Bonchev–Trinajstić information content (AvgIpc) is 2.47. The van der Waals surface area contributed by atoms with Crippen LogP contribution in [-0.4, -0.2) is 10.1 Å². The number of nitrogens with zero attached hydrogens (tertiary/aromatic N) is 1.